The van der Waals surface area contributed by atoms with Gasteiger partial charge >= 0.3 is 0 Å². The summed E-state index contributed by atoms with van der Waals surface area (Å²) in [7, 11) is 0. The van der Waals surface area contributed by atoms with Crippen LogP contribution < -0.4 is 5.32 Å². The van der Waals surface area contributed by atoms with E-state index in [0.717, 1.165) is 0 Å². The first-order valence-electron chi connectivity index (χ1n) is 7.36. The number of halogens is 1. The molecule has 1 amide bonds. The molecule has 0 bridgehead atoms. The van der Waals surface area contributed by atoms with Crippen molar-refractivity contribution in [3.8, 4) is 11.5 Å². The van der Waals surface area contributed by atoms with E-state index >= 15 is 0 Å². The molecule has 124 valence electrons. The summed E-state index contributed by atoms with van der Waals surface area (Å²) in [5.41, 5.74) is 0.858. The summed E-state index contributed by atoms with van der Waals surface area (Å²) in [5, 5.41) is 17.1. The average Bonchev–Trinajstić information content (AvgIpc) is 3.25. The highest BCUT2D eigenvalue weighted by Crippen LogP contribution is 2.21. The Hall–Kier alpha value is -2.57. The molecule has 1 aromatic carbocycles. The molecule has 2 heterocycles. The zero-order valence-corrected chi connectivity index (χ0v) is 13.4. The Balaban J connectivity index is 1.52. The van der Waals surface area contributed by atoms with E-state index in [1.165, 1.54) is 12.3 Å². The molecule has 2 N–H and O–H groups in total. The first-order chi connectivity index (χ1) is 11.6. The van der Waals surface area contributed by atoms with Crippen LogP contribution in [0.25, 0.3) is 11.5 Å². The summed E-state index contributed by atoms with van der Waals surface area (Å²) in [6.45, 7) is 0.287. The molecule has 7 heteroatoms. The van der Waals surface area contributed by atoms with Crippen molar-refractivity contribution in [2.45, 2.75) is 12.5 Å². The van der Waals surface area contributed by atoms with Crippen molar-refractivity contribution in [3.05, 3.63) is 65.0 Å². The maximum absolute atomic E-state index is 12.0. The number of furan rings is 1. The summed E-state index contributed by atoms with van der Waals surface area (Å²) < 4.78 is 10.2. The van der Waals surface area contributed by atoms with Gasteiger partial charge in [-0.15, -0.1) is 0 Å². The van der Waals surface area contributed by atoms with Crippen molar-refractivity contribution in [1.29, 1.82) is 0 Å². The number of carbonyl (C=O) groups excluding carboxylic acids is 1. The molecule has 0 radical (unpaired) electrons. The van der Waals surface area contributed by atoms with Crippen LogP contribution >= 0.6 is 11.6 Å². The van der Waals surface area contributed by atoms with Gasteiger partial charge in [0.05, 0.1) is 12.4 Å². The van der Waals surface area contributed by atoms with Crippen LogP contribution in [-0.4, -0.2) is 22.7 Å². The molecule has 1 unspecified atom stereocenters. The molecule has 0 aliphatic heterocycles. The number of hydrogen-bond donors (Lipinski definition) is 2. The van der Waals surface area contributed by atoms with Gasteiger partial charge in [0.15, 0.2) is 11.5 Å². The summed E-state index contributed by atoms with van der Waals surface area (Å²) in [6, 6.07) is 11.9. The number of aliphatic hydroxyl groups excluding tert-OH is 1. The normalized spacial score (nSPS) is 12.1. The van der Waals surface area contributed by atoms with Gasteiger partial charge in [-0.1, -0.05) is 28.9 Å². The van der Waals surface area contributed by atoms with Crippen LogP contribution in [0.5, 0.6) is 0 Å². The highest BCUT2D eigenvalue weighted by atomic mass is 35.5. The third-order valence-corrected chi connectivity index (χ3v) is 3.68. The maximum atomic E-state index is 12.0. The first-order valence-corrected chi connectivity index (χ1v) is 7.73. The standard InChI is InChI=1S/C17H15ClN2O4/c18-12-4-1-3-11(9-12)14(21)6-7-19-17(22)13-10-16(24-20-13)15-5-2-8-23-15/h1-5,8-10,14,21H,6-7H2,(H,19,22). The fourth-order valence-electron chi connectivity index (χ4n) is 2.21. The van der Waals surface area contributed by atoms with Gasteiger partial charge in [0.25, 0.3) is 5.91 Å². The quantitative estimate of drug-likeness (QED) is 0.713. The Labute approximate surface area is 143 Å². The number of aliphatic hydroxyl groups is 1. The summed E-state index contributed by atoms with van der Waals surface area (Å²) in [4.78, 5) is 12.0. The molecule has 6 nitrogen and oxygen atoms in total. The molecule has 24 heavy (non-hydrogen) atoms. The summed E-state index contributed by atoms with van der Waals surface area (Å²) >= 11 is 5.89. The molecule has 1 atom stereocenters. The zero-order chi connectivity index (χ0) is 16.9. The molecule has 3 aromatic rings. The van der Waals surface area contributed by atoms with E-state index in [2.05, 4.69) is 10.5 Å². The predicted molar refractivity (Wildman–Crippen MR) is 87.6 cm³/mol. The van der Waals surface area contributed by atoms with Crippen LogP contribution in [0.15, 0.2) is 57.7 Å². The Kier molecular flexibility index (Phi) is 4.98. The predicted octanol–water partition coefficient (Wildman–Crippen LogP) is 3.44. The van der Waals surface area contributed by atoms with E-state index < -0.39 is 6.10 Å². The topological polar surface area (TPSA) is 88.5 Å². The highest BCUT2D eigenvalue weighted by molar-refractivity contribution is 6.30. The van der Waals surface area contributed by atoms with Crippen LogP contribution in [0.1, 0.15) is 28.6 Å². The van der Waals surface area contributed by atoms with Crippen molar-refractivity contribution >= 4 is 17.5 Å². The minimum absolute atomic E-state index is 0.152. The Morgan fingerprint density at radius 1 is 1.25 bits per heavy atom. The second-order valence-electron chi connectivity index (χ2n) is 5.17. The van der Waals surface area contributed by atoms with E-state index in [4.69, 9.17) is 20.5 Å². The summed E-state index contributed by atoms with van der Waals surface area (Å²) in [5.74, 6) is 0.497. The monoisotopic (exact) mass is 346 g/mol. The lowest BCUT2D eigenvalue weighted by atomic mass is 10.1. The number of carbonyl (C=O) groups is 1. The molecule has 3 rings (SSSR count). The van der Waals surface area contributed by atoms with E-state index in [9.17, 15) is 9.90 Å². The molecule has 0 aliphatic carbocycles. The Morgan fingerprint density at radius 3 is 2.88 bits per heavy atom. The zero-order valence-electron chi connectivity index (χ0n) is 12.6. The van der Waals surface area contributed by atoms with Gasteiger partial charge in [0.1, 0.15) is 0 Å². The number of nitrogens with one attached hydrogen (secondary N) is 1. The molecule has 0 aliphatic rings. The number of hydrogen-bond acceptors (Lipinski definition) is 5. The highest BCUT2D eigenvalue weighted by Gasteiger charge is 2.15. The molecule has 0 saturated carbocycles. The second kappa shape index (κ2) is 7.33. The van der Waals surface area contributed by atoms with Gasteiger partial charge in [-0.3, -0.25) is 4.79 Å². The molecular weight excluding hydrogens is 332 g/mol. The van der Waals surface area contributed by atoms with Gasteiger partial charge in [-0.25, -0.2) is 0 Å². The minimum Gasteiger partial charge on any atom is -0.461 e. The van der Waals surface area contributed by atoms with Crippen molar-refractivity contribution in [2.24, 2.45) is 0 Å². The number of benzene rings is 1. The second-order valence-corrected chi connectivity index (χ2v) is 5.61. The minimum atomic E-state index is -0.708. The van der Waals surface area contributed by atoms with E-state index in [-0.39, 0.29) is 18.1 Å². The fraction of sp³-hybridized carbons (Fsp3) is 0.176. The van der Waals surface area contributed by atoms with Crippen LogP contribution in [0.3, 0.4) is 0 Å². The van der Waals surface area contributed by atoms with Crippen LogP contribution in [0.4, 0.5) is 0 Å². The number of amides is 1. The molecule has 0 saturated heterocycles. The Bertz CT molecular complexity index is 814. The molecule has 0 spiro atoms. The van der Waals surface area contributed by atoms with Crippen molar-refractivity contribution in [3.63, 3.8) is 0 Å². The van der Waals surface area contributed by atoms with E-state index in [1.807, 2.05) is 0 Å². The SMILES string of the molecule is O=C(NCCC(O)c1cccc(Cl)c1)c1cc(-c2ccco2)on1. The summed E-state index contributed by atoms with van der Waals surface area (Å²) in [6.07, 6.45) is 1.16. The van der Waals surface area contributed by atoms with Gasteiger partial charge in [-0.05, 0) is 36.2 Å². The van der Waals surface area contributed by atoms with Gasteiger partial charge in [0.2, 0.25) is 5.76 Å². The average molecular weight is 347 g/mol. The first kappa shape index (κ1) is 16.3. The smallest absolute Gasteiger partial charge is 0.273 e. The van der Waals surface area contributed by atoms with Crippen molar-refractivity contribution in [2.75, 3.05) is 6.54 Å². The van der Waals surface area contributed by atoms with E-state index in [0.29, 0.717) is 28.5 Å². The lowest BCUT2D eigenvalue weighted by Crippen LogP contribution is -2.25. The number of aromatic nitrogens is 1. The molecule has 0 fully saturated rings. The lowest BCUT2D eigenvalue weighted by Gasteiger charge is -2.11. The number of nitrogens with zero attached hydrogens (tertiary/aromatic N) is 1. The van der Waals surface area contributed by atoms with E-state index in [1.54, 1.807) is 36.4 Å². The number of rotatable bonds is 6. The van der Waals surface area contributed by atoms with Crippen LogP contribution in [0.2, 0.25) is 5.02 Å². The molecular formula is C17H15ClN2O4. The maximum Gasteiger partial charge on any atom is 0.273 e. The third kappa shape index (κ3) is 3.84. The lowest BCUT2D eigenvalue weighted by molar-refractivity contribution is 0.0933. The van der Waals surface area contributed by atoms with Crippen molar-refractivity contribution < 1.29 is 18.8 Å². The van der Waals surface area contributed by atoms with Crippen molar-refractivity contribution in [1.82, 2.24) is 10.5 Å². The largest absolute Gasteiger partial charge is 0.461 e. The Morgan fingerprint density at radius 2 is 2.12 bits per heavy atom. The van der Waals surface area contributed by atoms with Gasteiger partial charge in [0, 0.05) is 17.6 Å². The van der Waals surface area contributed by atoms with Gasteiger partial charge in [-0.2, -0.15) is 0 Å². The van der Waals surface area contributed by atoms with Crippen LogP contribution in [-0.2, 0) is 0 Å². The third-order valence-electron chi connectivity index (χ3n) is 3.44. The van der Waals surface area contributed by atoms with Crippen LogP contribution in [0, 0.1) is 0 Å². The fourth-order valence-corrected chi connectivity index (χ4v) is 2.41. The van der Waals surface area contributed by atoms with Gasteiger partial charge < -0.3 is 19.4 Å². The molecule has 2 aromatic heterocycles.